The molecule has 2 N–H and O–H groups in total. The van der Waals surface area contributed by atoms with Crippen LogP contribution in [0.3, 0.4) is 0 Å². The fourth-order valence-corrected chi connectivity index (χ4v) is 4.60. The van der Waals surface area contributed by atoms with E-state index in [1.165, 1.54) is 0 Å². The summed E-state index contributed by atoms with van der Waals surface area (Å²) in [6.45, 7) is 5.52. The monoisotopic (exact) mass is 540 g/mol. The van der Waals surface area contributed by atoms with Crippen LogP contribution in [0, 0.1) is 11.3 Å². The first-order valence-corrected chi connectivity index (χ1v) is 13.9. The number of rotatable bonds is 13. The lowest BCUT2D eigenvalue weighted by Crippen LogP contribution is -2.21. The summed E-state index contributed by atoms with van der Waals surface area (Å²) in [5.74, 6) is 1.17. The lowest BCUT2D eigenvalue weighted by atomic mass is 9.83. The maximum Gasteiger partial charge on any atom is 0.343 e. The number of esters is 1. The number of unbranched alkanes of at least 4 members (excludes halogenated alkanes) is 4. The third-order valence-corrected chi connectivity index (χ3v) is 6.74. The molecule has 7 nitrogen and oxygen atoms in total. The summed E-state index contributed by atoms with van der Waals surface area (Å²) in [4.78, 5) is 12.8. The maximum absolute atomic E-state index is 12.8. The third-order valence-electron chi connectivity index (χ3n) is 6.74. The molecule has 0 aromatic heterocycles. The van der Waals surface area contributed by atoms with Crippen molar-refractivity contribution in [2.75, 3.05) is 13.2 Å². The number of hydrogen-bond acceptors (Lipinski definition) is 7. The molecule has 208 valence electrons. The van der Waals surface area contributed by atoms with Crippen LogP contribution in [0.15, 0.2) is 78.2 Å². The van der Waals surface area contributed by atoms with Gasteiger partial charge in [0.1, 0.15) is 34.6 Å². The summed E-state index contributed by atoms with van der Waals surface area (Å²) >= 11 is 0. The van der Waals surface area contributed by atoms with Crippen molar-refractivity contribution in [3.63, 3.8) is 0 Å². The first kappa shape index (κ1) is 28.6. The van der Waals surface area contributed by atoms with Gasteiger partial charge in [0.05, 0.1) is 24.7 Å². The molecule has 4 rings (SSSR count). The summed E-state index contributed by atoms with van der Waals surface area (Å²) < 4.78 is 23.3. The number of fused-ring (bicyclic) bond motifs is 1. The van der Waals surface area contributed by atoms with Crippen LogP contribution in [0.5, 0.6) is 23.0 Å². The van der Waals surface area contributed by atoms with Gasteiger partial charge in [-0.25, -0.2) is 4.79 Å². The van der Waals surface area contributed by atoms with Crippen molar-refractivity contribution in [3.8, 4) is 29.1 Å². The van der Waals surface area contributed by atoms with Crippen LogP contribution in [0.25, 0.3) is 0 Å². The van der Waals surface area contributed by atoms with Crippen molar-refractivity contribution in [2.24, 2.45) is 5.73 Å². The summed E-state index contributed by atoms with van der Waals surface area (Å²) in [6, 6.07) is 21.9. The van der Waals surface area contributed by atoms with E-state index in [1.54, 1.807) is 42.5 Å². The topological polar surface area (TPSA) is 104 Å². The van der Waals surface area contributed by atoms with E-state index in [2.05, 4.69) is 19.9 Å². The molecule has 1 heterocycles. The zero-order valence-electron chi connectivity index (χ0n) is 23.2. The average molecular weight is 541 g/mol. The molecule has 1 aliphatic rings. The van der Waals surface area contributed by atoms with Gasteiger partial charge in [-0.1, -0.05) is 63.8 Å². The van der Waals surface area contributed by atoms with Crippen LogP contribution in [0.4, 0.5) is 0 Å². The van der Waals surface area contributed by atoms with E-state index in [1.807, 2.05) is 24.3 Å². The van der Waals surface area contributed by atoms with E-state index in [-0.39, 0.29) is 5.88 Å². The standard InChI is InChI=1S/C33H36N2O5/c1-3-5-9-19-37-24-15-13-23(14-16-24)33(36)39-25-17-18-27-30(21-25)40-32(35)28(22-34)31(27)26-11-7-8-12-29(26)38-20-10-6-4-2/h7-8,11-18,21,31H,3-6,9-10,19-20,35H2,1-2H3. The molecule has 1 aliphatic heterocycles. The number of nitrogens with two attached hydrogens (primary N) is 1. The van der Waals surface area contributed by atoms with Gasteiger partial charge in [0.15, 0.2) is 0 Å². The second kappa shape index (κ2) is 14.1. The maximum atomic E-state index is 12.8. The molecule has 0 radical (unpaired) electrons. The number of para-hydroxylation sites is 1. The molecule has 0 saturated carbocycles. The molecular weight excluding hydrogens is 504 g/mol. The molecule has 3 aromatic rings. The van der Waals surface area contributed by atoms with E-state index in [4.69, 9.17) is 24.7 Å². The first-order valence-electron chi connectivity index (χ1n) is 13.9. The highest BCUT2D eigenvalue weighted by atomic mass is 16.5. The Morgan fingerprint density at radius 1 is 0.875 bits per heavy atom. The largest absolute Gasteiger partial charge is 0.494 e. The molecule has 3 aromatic carbocycles. The molecule has 40 heavy (non-hydrogen) atoms. The number of benzene rings is 3. The highest BCUT2D eigenvalue weighted by molar-refractivity contribution is 5.91. The van der Waals surface area contributed by atoms with Crippen molar-refractivity contribution in [3.05, 3.63) is 94.9 Å². The molecule has 7 heteroatoms. The molecular formula is C33H36N2O5. The minimum absolute atomic E-state index is 0.0128. The number of carbonyl (C=O) groups is 1. The van der Waals surface area contributed by atoms with Crippen molar-refractivity contribution in [2.45, 2.75) is 58.3 Å². The molecule has 0 bridgehead atoms. The van der Waals surface area contributed by atoms with E-state index in [9.17, 15) is 10.1 Å². The first-order chi connectivity index (χ1) is 19.5. The highest BCUT2D eigenvalue weighted by Gasteiger charge is 2.33. The molecule has 0 fully saturated rings. The Morgan fingerprint density at radius 3 is 2.25 bits per heavy atom. The average Bonchev–Trinajstić information content (AvgIpc) is 2.97. The number of nitriles is 1. The van der Waals surface area contributed by atoms with Gasteiger partial charge >= 0.3 is 5.97 Å². The van der Waals surface area contributed by atoms with Crippen LogP contribution in [-0.2, 0) is 0 Å². The predicted octanol–water partition coefficient (Wildman–Crippen LogP) is 7.26. The summed E-state index contributed by atoms with van der Waals surface area (Å²) in [6.07, 6.45) is 6.37. The van der Waals surface area contributed by atoms with Gasteiger partial charge in [0.25, 0.3) is 0 Å². The molecule has 0 saturated heterocycles. The zero-order valence-corrected chi connectivity index (χ0v) is 23.2. The Bertz CT molecular complexity index is 1370. The van der Waals surface area contributed by atoms with Gasteiger partial charge in [-0.2, -0.15) is 5.26 Å². The minimum atomic E-state index is -0.503. The second-order valence-corrected chi connectivity index (χ2v) is 9.69. The number of nitrogens with zero attached hydrogens (tertiary/aromatic N) is 1. The summed E-state index contributed by atoms with van der Waals surface area (Å²) in [7, 11) is 0. The predicted molar refractivity (Wildman–Crippen MR) is 154 cm³/mol. The van der Waals surface area contributed by atoms with E-state index < -0.39 is 11.9 Å². The SMILES string of the molecule is CCCCCOc1ccc(C(=O)Oc2ccc3c(c2)OC(N)=C(C#N)C3c2ccccc2OCCCCC)cc1. The van der Waals surface area contributed by atoms with E-state index >= 15 is 0 Å². The van der Waals surface area contributed by atoms with Gasteiger partial charge in [-0.3, -0.25) is 0 Å². The minimum Gasteiger partial charge on any atom is -0.494 e. The summed E-state index contributed by atoms with van der Waals surface area (Å²) in [5.41, 5.74) is 8.47. The van der Waals surface area contributed by atoms with Crippen LogP contribution < -0.4 is 24.7 Å². The van der Waals surface area contributed by atoms with Crippen molar-refractivity contribution in [1.82, 2.24) is 0 Å². The van der Waals surface area contributed by atoms with Crippen LogP contribution >= 0.6 is 0 Å². The number of allylic oxidation sites excluding steroid dienone is 1. The van der Waals surface area contributed by atoms with E-state index in [0.717, 1.165) is 49.7 Å². The van der Waals surface area contributed by atoms with Gasteiger partial charge in [0, 0.05) is 17.2 Å². The molecule has 1 atom stereocenters. The van der Waals surface area contributed by atoms with Gasteiger partial charge in [-0.05, 0) is 49.2 Å². The van der Waals surface area contributed by atoms with Crippen LogP contribution in [0.2, 0.25) is 0 Å². The van der Waals surface area contributed by atoms with Crippen molar-refractivity contribution >= 4 is 5.97 Å². The Morgan fingerprint density at radius 2 is 1.55 bits per heavy atom. The van der Waals surface area contributed by atoms with Crippen molar-refractivity contribution < 1.29 is 23.7 Å². The number of carbonyl (C=O) groups excluding carboxylic acids is 1. The van der Waals surface area contributed by atoms with Crippen molar-refractivity contribution in [1.29, 1.82) is 5.26 Å². The Hall–Kier alpha value is -4.44. The number of hydrogen-bond donors (Lipinski definition) is 1. The van der Waals surface area contributed by atoms with Gasteiger partial charge < -0.3 is 24.7 Å². The van der Waals surface area contributed by atoms with Gasteiger partial charge in [0.2, 0.25) is 5.88 Å². The van der Waals surface area contributed by atoms with E-state index in [0.29, 0.717) is 47.3 Å². The fraction of sp³-hybridized carbons (Fsp3) is 0.333. The third kappa shape index (κ3) is 6.95. The Labute approximate surface area is 236 Å². The molecule has 1 unspecified atom stereocenters. The molecule has 0 spiro atoms. The lowest BCUT2D eigenvalue weighted by Gasteiger charge is -2.28. The fourth-order valence-electron chi connectivity index (χ4n) is 4.60. The molecule has 0 amide bonds. The summed E-state index contributed by atoms with van der Waals surface area (Å²) in [5, 5.41) is 9.96. The Balaban J connectivity index is 1.53. The Kier molecular flexibility index (Phi) is 10.1. The zero-order chi connectivity index (χ0) is 28.3. The van der Waals surface area contributed by atoms with Crippen LogP contribution in [-0.4, -0.2) is 19.2 Å². The quantitative estimate of drug-likeness (QED) is 0.138. The van der Waals surface area contributed by atoms with Gasteiger partial charge in [-0.15, -0.1) is 0 Å². The normalized spacial score (nSPS) is 14.1. The van der Waals surface area contributed by atoms with Crippen LogP contribution in [0.1, 0.15) is 79.8 Å². The smallest absolute Gasteiger partial charge is 0.343 e. The lowest BCUT2D eigenvalue weighted by molar-refractivity contribution is 0.0734. The second-order valence-electron chi connectivity index (χ2n) is 9.69. The molecule has 0 aliphatic carbocycles. The highest BCUT2D eigenvalue weighted by Crippen LogP contribution is 2.46. The number of ether oxygens (including phenoxy) is 4.